The van der Waals surface area contributed by atoms with Gasteiger partial charge < -0.3 is 14.6 Å². The summed E-state index contributed by atoms with van der Waals surface area (Å²) in [5.41, 5.74) is 0.282. The standard InChI is InChI=1S/C25H30O5/c1-14-8-10-19-15(2)22(21-17-7-5-4-6-16(17)9-11-20(21)26)27-23-25(19)18(14)12-13-24(3,28-23)29-30-25/h4-7,9,11,14-15,18-19,22-23,26H,8,10,12-13H2,1-3H3/t14-,15-,18+,19+,22-,23-,24-,25-/m1/s1. The zero-order chi connectivity index (χ0) is 20.7. The maximum atomic E-state index is 10.9. The van der Waals surface area contributed by atoms with E-state index < -0.39 is 17.7 Å². The van der Waals surface area contributed by atoms with E-state index in [0.717, 1.165) is 35.6 Å². The van der Waals surface area contributed by atoms with Crippen LogP contribution in [0.4, 0.5) is 0 Å². The largest absolute Gasteiger partial charge is 0.508 e. The molecule has 5 heteroatoms. The van der Waals surface area contributed by atoms with Crippen LogP contribution < -0.4 is 0 Å². The van der Waals surface area contributed by atoms with Gasteiger partial charge in [-0.1, -0.05) is 44.2 Å². The summed E-state index contributed by atoms with van der Waals surface area (Å²) in [5, 5.41) is 13.0. The number of benzene rings is 2. The Hall–Kier alpha value is -1.66. The van der Waals surface area contributed by atoms with Crippen molar-refractivity contribution >= 4 is 10.8 Å². The fourth-order valence-corrected chi connectivity index (χ4v) is 6.82. The molecule has 0 unspecified atom stereocenters. The quantitative estimate of drug-likeness (QED) is 0.632. The molecule has 1 saturated carbocycles. The molecule has 160 valence electrons. The Labute approximate surface area is 177 Å². The van der Waals surface area contributed by atoms with Gasteiger partial charge in [0.2, 0.25) is 5.79 Å². The Kier molecular flexibility index (Phi) is 4.08. The molecule has 8 atom stereocenters. The van der Waals surface area contributed by atoms with Crippen LogP contribution in [0.5, 0.6) is 5.75 Å². The summed E-state index contributed by atoms with van der Waals surface area (Å²) >= 11 is 0. The second-order valence-corrected chi connectivity index (χ2v) is 10.0. The summed E-state index contributed by atoms with van der Waals surface area (Å²) in [6.07, 6.45) is 3.26. The molecule has 4 saturated heterocycles. The summed E-state index contributed by atoms with van der Waals surface area (Å²) < 4.78 is 13.2. The Morgan fingerprint density at radius 3 is 2.67 bits per heavy atom. The molecule has 2 bridgehead atoms. The van der Waals surface area contributed by atoms with Crippen LogP contribution in [-0.4, -0.2) is 22.8 Å². The average Bonchev–Trinajstić information content (AvgIpc) is 2.97. The molecule has 5 fully saturated rings. The van der Waals surface area contributed by atoms with Gasteiger partial charge in [-0.3, -0.25) is 0 Å². The third-order valence-electron chi connectivity index (χ3n) is 8.39. The van der Waals surface area contributed by atoms with Crippen LogP contribution >= 0.6 is 0 Å². The first kappa shape index (κ1) is 19.1. The molecule has 30 heavy (non-hydrogen) atoms. The molecule has 4 aliphatic heterocycles. The predicted molar refractivity (Wildman–Crippen MR) is 111 cm³/mol. The van der Waals surface area contributed by atoms with Crippen molar-refractivity contribution in [2.45, 2.75) is 70.2 Å². The topological polar surface area (TPSA) is 57.2 Å². The Morgan fingerprint density at radius 2 is 1.80 bits per heavy atom. The van der Waals surface area contributed by atoms with E-state index in [1.165, 1.54) is 6.42 Å². The van der Waals surface area contributed by atoms with Crippen molar-refractivity contribution in [3.63, 3.8) is 0 Å². The fourth-order valence-electron chi connectivity index (χ4n) is 6.82. The lowest BCUT2D eigenvalue weighted by Crippen LogP contribution is -2.69. The number of hydrogen-bond donors (Lipinski definition) is 1. The number of rotatable bonds is 1. The highest BCUT2D eigenvalue weighted by atomic mass is 17.3. The molecular formula is C25H30O5. The minimum atomic E-state index is -0.788. The normalized spacial score (nSPS) is 45.2. The molecule has 2 aromatic rings. The van der Waals surface area contributed by atoms with Gasteiger partial charge in [0, 0.05) is 17.9 Å². The Morgan fingerprint density at radius 1 is 0.967 bits per heavy atom. The van der Waals surface area contributed by atoms with E-state index in [1.54, 1.807) is 6.07 Å². The smallest absolute Gasteiger partial charge is 0.201 e. The van der Waals surface area contributed by atoms with Crippen LogP contribution in [0, 0.1) is 23.7 Å². The fraction of sp³-hybridized carbons (Fsp3) is 0.600. The lowest BCUT2D eigenvalue weighted by atomic mass is 9.57. The second kappa shape index (κ2) is 6.42. The Bertz CT molecular complexity index is 991. The second-order valence-electron chi connectivity index (χ2n) is 10.0. The summed E-state index contributed by atoms with van der Waals surface area (Å²) in [6.45, 7) is 6.50. The van der Waals surface area contributed by atoms with Gasteiger partial charge in [-0.2, -0.15) is 0 Å². The lowest BCUT2D eigenvalue weighted by Gasteiger charge is -2.60. The molecule has 5 nitrogen and oxygen atoms in total. The maximum absolute atomic E-state index is 10.9. The number of hydrogen-bond acceptors (Lipinski definition) is 5. The molecule has 0 aromatic heterocycles. The molecule has 5 aliphatic rings. The molecule has 4 heterocycles. The summed E-state index contributed by atoms with van der Waals surface area (Å²) in [6, 6.07) is 11.9. The van der Waals surface area contributed by atoms with E-state index in [0.29, 0.717) is 11.8 Å². The van der Waals surface area contributed by atoms with Gasteiger partial charge >= 0.3 is 0 Å². The van der Waals surface area contributed by atoms with Crippen molar-refractivity contribution in [3.8, 4) is 5.75 Å². The minimum absolute atomic E-state index is 0.155. The van der Waals surface area contributed by atoms with Crippen molar-refractivity contribution in [3.05, 3.63) is 42.0 Å². The molecular weight excluding hydrogens is 380 g/mol. The van der Waals surface area contributed by atoms with Gasteiger partial charge in [-0.25, -0.2) is 9.78 Å². The SMILES string of the molecule is C[C@H]1[C@H](c2c(O)ccc3ccccc23)O[C@@H]2O[C@@]3(C)CC[C@H]4[C@H](C)CC[C@@H]1[C@@]24OO3. The van der Waals surface area contributed by atoms with Gasteiger partial charge in [0.25, 0.3) is 0 Å². The highest BCUT2D eigenvalue weighted by Gasteiger charge is 2.69. The number of phenolic OH excluding ortho intramolecular Hbond substituents is 1. The van der Waals surface area contributed by atoms with E-state index in [-0.39, 0.29) is 23.7 Å². The molecule has 2 aromatic carbocycles. The number of fused-ring (bicyclic) bond motifs is 3. The van der Waals surface area contributed by atoms with Gasteiger partial charge in [-0.15, -0.1) is 0 Å². The first-order valence-corrected chi connectivity index (χ1v) is 11.3. The van der Waals surface area contributed by atoms with Gasteiger partial charge in [0.15, 0.2) is 11.9 Å². The maximum Gasteiger partial charge on any atom is 0.201 e. The first-order chi connectivity index (χ1) is 14.4. The average molecular weight is 411 g/mol. The summed E-state index contributed by atoms with van der Waals surface area (Å²) in [4.78, 5) is 12.2. The van der Waals surface area contributed by atoms with E-state index in [4.69, 9.17) is 19.2 Å². The summed E-state index contributed by atoms with van der Waals surface area (Å²) in [5.74, 6) is 0.768. The molecule has 1 spiro atoms. The van der Waals surface area contributed by atoms with E-state index in [2.05, 4.69) is 26.0 Å². The molecule has 1 aliphatic carbocycles. The molecule has 1 N–H and O–H groups in total. The monoisotopic (exact) mass is 410 g/mol. The zero-order valence-corrected chi connectivity index (χ0v) is 17.8. The third-order valence-corrected chi connectivity index (χ3v) is 8.39. The predicted octanol–water partition coefficient (Wildman–Crippen LogP) is 5.47. The first-order valence-electron chi connectivity index (χ1n) is 11.3. The zero-order valence-electron chi connectivity index (χ0n) is 17.8. The molecule has 0 amide bonds. The minimum Gasteiger partial charge on any atom is -0.508 e. The number of aromatic hydroxyl groups is 1. The van der Waals surface area contributed by atoms with Gasteiger partial charge in [0.1, 0.15) is 5.75 Å². The van der Waals surface area contributed by atoms with Crippen LogP contribution in [0.1, 0.15) is 58.1 Å². The van der Waals surface area contributed by atoms with Crippen molar-refractivity contribution in [2.75, 3.05) is 0 Å². The third kappa shape index (κ3) is 2.44. The van der Waals surface area contributed by atoms with Crippen molar-refractivity contribution in [1.82, 2.24) is 0 Å². The molecule has 0 radical (unpaired) electrons. The van der Waals surface area contributed by atoms with Crippen molar-refractivity contribution < 1.29 is 24.4 Å². The van der Waals surface area contributed by atoms with Crippen molar-refractivity contribution in [2.24, 2.45) is 23.7 Å². The lowest BCUT2D eigenvalue weighted by molar-refractivity contribution is -0.571. The summed E-state index contributed by atoms with van der Waals surface area (Å²) in [7, 11) is 0. The van der Waals surface area contributed by atoms with E-state index in [9.17, 15) is 5.11 Å². The van der Waals surface area contributed by atoms with Gasteiger partial charge in [0.05, 0.1) is 6.10 Å². The highest BCUT2D eigenvalue weighted by molar-refractivity contribution is 5.88. The number of phenols is 1. The van der Waals surface area contributed by atoms with Crippen LogP contribution in [-0.2, 0) is 19.2 Å². The number of ether oxygens (including phenoxy) is 2. The highest BCUT2D eigenvalue weighted by Crippen LogP contribution is 2.63. The van der Waals surface area contributed by atoms with E-state index >= 15 is 0 Å². The van der Waals surface area contributed by atoms with Crippen molar-refractivity contribution in [1.29, 1.82) is 0 Å². The van der Waals surface area contributed by atoms with Crippen LogP contribution in [0.15, 0.2) is 36.4 Å². The van der Waals surface area contributed by atoms with Gasteiger partial charge in [-0.05, 0) is 60.8 Å². The van der Waals surface area contributed by atoms with E-state index in [1.807, 2.05) is 25.1 Å². The van der Waals surface area contributed by atoms with Crippen LogP contribution in [0.2, 0.25) is 0 Å². The Balaban J connectivity index is 1.50. The van der Waals surface area contributed by atoms with Crippen LogP contribution in [0.3, 0.4) is 0 Å². The van der Waals surface area contributed by atoms with Crippen LogP contribution in [0.25, 0.3) is 10.8 Å². The molecule has 7 rings (SSSR count).